The van der Waals surface area contributed by atoms with Crippen molar-refractivity contribution in [3.05, 3.63) is 82.1 Å². The quantitative estimate of drug-likeness (QED) is 0.417. The summed E-state index contributed by atoms with van der Waals surface area (Å²) in [6.07, 6.45) is 2.60. The van der Waals surface area contributed by atoms with Crippen molar-refractivity contribution in [2.24, 2.45) is 5.10 Å². The molecule has 0 saturated carbocycles. The molecule has 32 heavy (non-hydrogen) atoms. The van der Waals surface area contributed by atoms with Crippen molar-refractivity contribution < 1.29 is 13.2 Å². The Kier molecular flexibility index (Phi) is 7.06. The fourth-order valence-electron chi connectivity index (χ4n) is 3.45. The molecule has 1 aromatic heterocycles. The third-order valence-corrected chi connectivity index (χ3v) is 6.41. The van der Waals surface area contributed by atoms with E-state index in [0.717, 1.165) is 38.8 Å². The number of benzene rings is 2. The predicted molar refractivity (Wildman–Crippen MR) is 129 cm³/mol. The SMILES string of the molecule is Cc1ccccc1-n1c(C)cc(/C=N/NC(=O)CN(c2ccc(Cl)cc2)S(C)(=O)=O)c1C. The first kappa shape index (κ1) is 23.6. The Labute approximate surface area is 193 Å². The number of aryl methyl sites for hydroxylation is 2. The summed E-state index contributed by atoms with van der Waals surface area (Å²) in [7, 11) is -3.67. The molecule has 0 aliphatic heterocycles. The molecule has 0 atom stereocenters. The van der Waals surface area contributed by atoms with Crippen LogP contribution >= 0.6 is 11.6 Å². The zero-order chi connectivity index (χ0) is 23.5. The molecule has 0 aliphatic rings. The standard InChI is InChI=1S/C23H25ClN4O3S/c1-16-7-5-6-8-22(16)28-17(2)13-19(18(28)3)14-25-26-23(29)15-27(32(4,30)31)21-11-9-20(24)10-12-21/h5-14H,15H2,1-4H3,(H,26,29)/b25-14+. The number of hydrazone groups is 1. The van der Waals surface area contributed by atoms with Crippen LogP contribution in [0.4, 0.5) is 5.69 Å². The molecule has 1 N–H and O–H groups in total. The summed E-state index contributed by atoms with van der Waals surface area (Å²) in [6.45, 7) is 5.64. The maximum Gasteiger partial charge on any atom is 0.260 e. The first-order chi connectivity index (χ1) is 15.1. The number of halogens is 1. The number of carbonyl (C=O) groups excluding carboxylic acids is 1. The molecule has 0 fully saturated rings. The topological polar surface area (TPSA) is 83.8 Å². The Morgan fingerprint density at radius 2 is 1.78 bits per heavy atom. The summed E-state index contributed by atoms with van der Waals surface area (Å²) >= 11 is 5.87. The number of carbonyl (C=O) groups is 1. The van der Waals surface area contributed by atoms with Crippen LogP contribution in [0.25, 0.3) is 5.69 Å². The van der Waals surface area contributed by atoms with Crippen molar-refractivity contribution in [1.82, 2.24) is 9.99 Å². The van der Waals surface area contributed by atoms with E-state index in [9.17, 15) is 13.2 Å². The van der Waals surface area contributed by atoms with Gasteiger partial charge in [-0.05, 0) is 62.7 Å². The van der Waals surface area contributed by atoms with E-state index in [1.807, 2.05) is 32.0 Å². The van der Waals surface area contributed by atoms with Crippen LogP contribution in [0.1, 0.15) is 22.5 Å². The highest BCUT2D eigenvalue weighted by atomic mass is 35.5. The number of nitrogens with one attached hydrogen (secondary N) is 1. The van der Waals surface area contributed by atoms with Gasteiger partial charge in [0.1, 0.15) is 6.54 Å². The van der Waals surface area contributed by atoms with Gasteiger partial charge in [-0.25, -0.2) is 13.8 Å². The highest BCUT2D eigenvalue weighted by Gasteiger charge is 2.20. The molecule has 3 rings (SSSR count). The number of anilines is 1. The van der Waals surface area contributed by atoms with Crippen LogP contribution in [-0.4, -0.2) is 37.9 Å². The number of aromatic nitrogens is 1. The molecular weight excluding hydrogens is 448 g/mol. The largest absolute Gasteiger partial charge is 0.318 e. The van der Waals surface area contributed by atoms with Gasteiger partial charge in [-0.2, -0.15) is 5.10 Å². The number of rotatable bonds is 7. The smallest absolute Gasteiger partial charge is 0.260 e. The minimum atomic E-state index is -3.67. The van der Waals surface area contributed by atoms with Crippen LogP contribution < -0.4 is 9.73 Å². The van der Waals surface area contributed by atoms with Crippen LogP contribution in [-0.2, 0) is 14.8 Å². The van der Waals surface area contributed by atoms with Gasteiger partial charge in [-0.3, -0.25) is 9.10 Å². The van der Waals surface area contributed by atoms with Gasteiger partial charge in [0.25, 0.3) is 5.91 Å². The van der Waals surface area contributed by atoms with Gasteiger partial charge >= 0.3 is 0 Å². The third kappa shape index (κ3) is 5.38. The molecule has 0 aliphatic carbocycles. The van der Waals surface area contributed by atoms with Crippen molar-refractivity contribution in [2.45, 2.75) is 20.8 Å². The molecule has 0 saturated heterocycles. The second kappa shape index (κ2) is 9.58. The normalized spacial score (nSPS) is 11.7. The lowest BCUT2D eigenvalue weighted by Crippen LogP contribution is -2.39. The molecule has 168 valence electrons. The van der Waals surface area contributed by atoms with E-state index in [0.29, 0.717) is 10.7 Å². The molecule has 1 heterocycles. The van der Waals surface area contributed by atoms with Crippen LogP contribution in [0.5, 0.6) is 0 Å². The summed E-state index contributed by atoms with van der Waals surface area (Å²) in [4.78, 5) is 12.4. The second-order valence-corrected chi connectivity index (χ2v) is 9.83. The molecule has 7 nitrogen and oxygen atoms in total. The average Bonchev–Trinajstić information content (AvgIpc) is 3.00. The van der Waals surface area contributed by atoms with Gasteiger partial charge in [-0.15, -0.1) is 0 Å². The van der Waals surface area contributed by atoms with E-state index in [-0.39, 0.29) is 0 Å². The van der Waals surface area contributed by atoms with Crippen molar-refractivity contribution in [2.75, 3.05) is 17.1 Å². The molecule has 0 radical (unpaired) electrons. The van der Waals surface area contributed by atoms with E-state index >= 15 is 0 Å². The number of sulfonamides is 1. The first-order valence-electron chi connectivity index (χ1n) is 9.88. The molecule has 1 amide bonds. The Hall–Kier alpha value is -3.10. The van der Waals surface area contributed by atoms with E-state index in [2.05, 4.69) is 34.2 Å². The zero-order valence-electron chi connectivity index (χ0n) is 18.3. The van der Waals surface area contributed by atoms with E-state index < -0.39 is 22.5 Å². The van der Waals surface area contributed by atoms with Crippen molar-refractivity contribution in [3.63, 3.8) is 0 Å². The number of amides is 1. The predicted octanol–water partition coefficient (Wildman–Crippen LogP) is 3.97. The van der Waals surface area contributed by atoms with Crippen LogP contribution in [0.3, 0.4) is 0 Å². The van der Waals surface area contributed by atoms with Gasteiger partial charge < -0.3 is 4.57 Å². The molecule has 2 aromatic carbocycles. The molecule has 0 unspecified atom stereocenters. The highest BCUT2D eigenvalue weighted by molar-refractivity contribution is 7.92. The Morgan fingerprint density at radius 3 is 2.41 bits per heavy atom. The zero-order valence-corrected chi connectivity index (χ0v) is 19.9. The monoisotopic (exact) mass is 472 g/mol. The van der Waals surface area contributed by atoms with Gasteiger partial charge in [0, 0.05) is 27.7 Å². The maximum absolute atomic E-state index is 12.4. The lowest BCUT2D eigenvalue weighted by molar-refractivity contribution is -0.119. The minimum Gasteiger partial charge on any atom is -0.318 e. The molecule has 0 bridgehead atoms. The minimum absolute atomic E-state index is 0.345. The molecule has 9 heteroatoms. The Morgan fingerprint density at radius 1 is 1.12 bits per heavy atom. The van der Waals surface area contributed by atoms with Crippen molar-refractivity contribution in [1.29, 1.82) is 0 Å². The molecular formula is C23H25ClN4O3S. The Balaban J connectivity index is 1.74. The van der Waals surface area contributed by atoms with Crippen LogP contribution in [0, 0.1) is 20.8 Å². The third-order valence-electron chi connectivity index (χ3n) is 5.02. The van der Waals surface area contributed by atoms with Gasteiger partial charge in [0.15, 0.2) is 0 Å². The second-order valence-electron chi connectivity index (χ2n) is 7.49. The fraction of sp³-hybridized carbons (Fsp3) is 0.217. The summed E-state index contributed by atoms with van der Waals surface area (Å²) in [5.41, 5.74) is 7.85. The number of nitrogens with zero attached hydrogens (tertiary/aromatic N) is 3. The lowest BCUT2D eigenvalue weighted by Gasteiger charge is -2.21. The van der Waals surface area contributed by atoms with Crippen molar-refractivity contribution in [3.8, 4) is 5.69 Å². The van der Waals surface area contributed by atoms with E-state index in [4.69, 9.17) is 11.6 Å². The lowest BCUT2D eigenvalue weighted by atomic mass is 10.2. The van der Waals surface area contributed by atoms with E-state index in [1.54, 1.807) is 30.5 Å². The van der Waals surface area contributed by atoms with Crippen LogP contribution in [0.15, 0.2) is 59.7 Å². The fourth-order valence-corrected chi connectivity index (χ4v) is 4.43. The van der Waals surface area contributed by atoms with Crippen molar-refractivity contribution >= 4 is 39.4 Å². The summed E-state index contributed by atoms with van der Waals surface area (Å²) in [6, 6.07) is 16.3. The number of hydrogen-bond donors (Lipinski definition) is 1. The van der Waals surface area contributed by atoms with Gasteiger partial charge in [0.2, 0.25) is 10.0 Å². The maximum atomic E-state index is 12.4. The highest BCUT2D eigenvalue weighted by Crippen LogP contribution is 2.22. The summed E-state index contributed by atoms with van der Waals surface area (Å²) in [5, 5.41) is 4.51. The van der Waals surface area contributed by atoms with Gasteiger partial charge in [-0.1, -0.05) is 29.8 Å². The Bertz CT molecular complexity index is 1260. The number of hydrogen-bond acceptors (Lipinski definition) is 4. The van der Waals surface area contributed by atoms with Crippen LogP contribution in [0.2, 0.25) is 5.02 Å². The first-order valence-corrected chi connectivity index (χ1v) is 12.1. The molecule has 0 spiro atoms. The number of para-hydroxylation sites is 1. The van der Waals surface area contributed by atoms with E-state index in [1.165, 1.54) is 0 Å². The average molecular weight is 473 g/mol. The van der Waals surface area contributed by atoms with Gasteiger partial charge in [0.05, 0.1) is 18.2 Å². The summed E-state index contributed by atoms with van der Waals surface area (Å²) in [5.74, 6) is -0.561. The summed E-state index contributed by atoms with van der Waals surface area (Å²) < 4.78 is 27.5. The molecule has 3 aromatic rings.